The molecule has 1 N–H and O–H groups in total. The highest BCUT2D eigenvalue weighted by atomic mass is 32.1. The van der Waals surface area contributed by atoms with E-state index >= 15 is 0 Å². The summed E-state index contributed by atoms with van der Waals surface area (Å²) in [7, 11) is 0. The molecule has 0 bridgehead atoms. The van der Waals surface area contributed by atoms with E-state index in [9.17, 15) is 0 Å². The van der Waals surface area contributed by atoms with Gasteiger partial charge < -0.3 is 5.32 Å². The highest BCUT2D eigenvalue weighted by molar-refractivity contribution is 7.22. The Morgan fingerprint density at radius 1 is 1.21 bits per heavy atom. The normalized spacial score (nSPS) is 10.5. The van der Waals surface area contributed by atoms with Crippen molar-refractivity contribution in [2.24, 2.45) is 0 Å². The molecule has 0 amide bonds. The predicted molar refractivity (Wildman–Crippen MR) is 81.5 cm³/mol. The fourth-order valence-corrected chi connectivity index (χ4v) is 2.87. The molecule has 2 aromatic heterocycles. The molecule has 0 atom stereocenters. The van der Waals surface area contributed by atoms with Crippen molar-refractivity contribution >= 4 is 27.4 Å². The number of hydrogen-bond donors (Lipinski definition) is 1. The Morgan fingerprint density at radius 2 is 2.00 bits per heavy atom. The number of benzene rings is 1. The lowest BCUT2D eigenvalue weighted by molar-refractivity contribution is 1.12. The second-order valence-electron chi connectivity index (χ2n) is 4.11. The highest BCUT2D eigenvalue weighted by Crippen LogP contribution is 2.32. The van der Waals surface area contributed by atoms with E-state index in [0.717, 1.165) is 5.56 Å². The van der Waals surface area contributed by atoms with Gasteiger partial charge in [-0.1, -0.05) is 24.3 Å². The monoisotopic (exact) mass is 267 g/mol. The van der Waals surface area contributed by atoms with Crippen LogP contribution >= 0.6 is 11.3 Å². The lowest BCUT2D eigenvalue weighted by atomic mass is 10.2. The number of hydrogen-bond acceptors (Lipinski definition) is 4. The maximum absolute atomic E-state index is 4.30. The zero-order valence-corrected chi connectivity index (χ0v) is 11.2. The van der Waals surface area contributed by atoms with Gasteiger partial charge in [0.2, 0.25) is 5.95 Å². The van der Waals surface area contributed by atoms with E-state index in [0.29, 0.717) is 12.5 Å². The molecule has 3 aromatic rings. The van der Waals surface area contributed by atoms with Crippen molar-refractivity contribution in [2.45, 2.75) is 0 Å². The first-order valence-corrected chi connectivity index (χ1v) is 6.84. The van der Waals surface area contributed by atoms with Gasteiger partial charge in [0, 0.05) is 34.1 Å². The van der Waals surface area contributed by atoms with Crippen molar-refractivity contribution in [1.82, 2.24) is 9.97 Å². The van der Waals surface area contributed by atoms with Crippen LogP contribution in [0.1, 0.15) is 0 Å². The molecule has 0 radical (unpaired) electrons. The highest BCUT2D eigenvalue weighted by Gasteiger charge is 2.05. The minimum absolute atomic E-state index is 0.629. The van der Waals surface area contributed by atoms with Crippen LogP contribution in [-0.4, -0.2) is 16.5 Å². The van der Waals surface area contributed by atoms with E-state index in [1.807, 2.05) is 12.4 Å². The third-order valence-electron chi connectivity index (χ3n) is 2.77. The largest absolute Gasteiger partial charge is 0.351 e. The van der Waals surface area contributed by atoms with Crippen LogP contribution in [0, 0.1) is 0 Å². The van der Waals surface area contributed by atoms with Gasteiger partial charge in [-0.2, -0.15) is 0 Å². The van der Waals surface area contributed by atoms with Crippen molar-refractivity contribution in [3.8, 4) is 10.4 Å². The Kier molecular flexibility index (Phi) is 3.25. The maximum atomic E-state index is 4.30. The van der Waals surface area contributed by atoms with E-state index in [-0.39, 0.29) is 0 Å². The van der Waals surface area contributed by atoms with Crippen molar-refractivity contribution in [3.63, 3.8) is 0 Å². The number of fused-ring (bicyclic) bond motifs is 1. The molecule has 3 nitrogen and oxygen atoms in total. The van der Waals surface area contributed by atoms with Crippen LogP contribution in [0.2, 0.25) is 0 Å². The minimum atomic E-state index is 0.629. The smallest absolute Gasteiger partial charge is 0.222 e. The van der Waals surface area contributed by atoms with E-state index < -0.39 is 0 Å². The number of nitrogens with zero attached hydrogens (tertiary/aromatic N) is 2. The molecular weight excluding hydrogens is 254 g/mol. The molecule has 0 unspecified atom stereocenters. The zero-order chi connectivity index (χ0) is 13.1. The minimum Gasteiger partial charge on any atom is -0.351 e. The predicted octanol–water partition coefficient (Wildman–Crippen LogP) is 3.96. The third kappa shape index (κ3) is 2.48. The van der Waals surface area contributed by atoms with Gasteiger partial charge in [-0.25, -0.2) is 9.97 Å². The molecule has 0 spiro atoms. The molecule has 1 aromatic carbocycles. The number of nitrogens with one attached hydrogen (secondary N) is 1. The molecule has 0 aliphatic heterocycles. The second kappa shape index (κ2) is 5.20. The summed E-state index contributed by atoms with van der Waals surface area (Å²) in [6, 6.07) is 10.5. The van der Waals surface area contributed by atoms with Gasteiger partial charge in [0.05, 0.1) is 0 Å². The summed E-state index contributed by atoms with van der Waals surface area (Å²) in [5.74, 6) is 0.629. The fourth-order valence-electron chi connectivity index (χ4n) is 1.83. The van der Waals surface area contributed by atoms with Gasteiger partial charge in [-0.15, -0.1) is 17.9 Å². The Balaban J connectivity index is 1.90. The van der Waals surface area contributed by atoms with Crippen LogP contribution < -0.4 is 5.32 Å². The molecule has 0 fully saturated rings. The van der Waals surface area contributed by atoms with Crippen LogP contribution in [0.5, 0.6) is 0 Å². The van der Waals surface area contributed by atoms with Gasteiger partial charge in [-0.3, -0.25) is 0 Å². The molecular formula is C15H13N3S. The fraction of sp³-hybridized carbons (Fsp3) is 0.0667. The van der Waals surface area contributed by atoms with Crippen LogP contribution in [0.3, 0.4) is 0 Å². The quantitative estimate of drug-likeness (QED) is 0.727. The van der Waals surface area contributed by atoms with Gasteiger partial charge in [0.25, 0.3) is 0 Å². The molecule has 3 rings (SSSR count). The van der Waals surface area contributed by atoms with Crippen molar-refractivity contribution in [2.75, 3.05) is 11.9 Å². The van der Waals surface area contributed by atoms with Crippen molar-refractivity contribution < 1.29 is 0 Å². The lowest BCUT2D eigenvalue weighted by Gasteiger charge is -2.01. The van der Waals surface area contributed by atoms with E-state index in [2.05, 4.69) is 52.2 Å². The summed E-state index contributed by atoms with van der Waals surface area (Å²) in [5.41, 5.74) is 1.05. The Bertz CT molecular complexity index is 668. The van der Waals surface area contributed by atoms with E-state index in [1.165, 1.54) is 15.0 Å². The Hall–Kier alpha value is -2.20. The van der Waals surface area contributed by atoms with Gasteiger partial charge in [0.15, 0.2) is 0 Å². The average Bonchev–Trinajstić information content (AvgIpc) is 2.89. The van der Waals surface area contributed by atoms with E-state index in [4.69, 9.17) is 0 Å². The second-order valence-corrected chi connectivity index (χ2v) is 5.20. The first-order chi connectivity index (χ1) is 9.36. The maximum Gasteiger partial charge on any atom is 0.222 e. The van der Waals surface area contributed by atoms with Crippen LogP contribution in [0.25, 0.3) is 20.5 Å². The summed E-state index contributed by atoms with van der Waals surface area (Å²) in [6.07, 6.45) is 5.48. The lowest BCUT2D eigenvalue weighted by Crippen LogP contribution is -2.02. The third-order valence-corrected chi connectivity index (χ3v) is 3.93. The standard InChI is InChI=1S/C15H13N3S/c1-2-7-16-15-17-9-12(10-18-15)14-8-11-5-3-4-6-13(11)19-14/h2-6,8-10H,1,7H2,(H,16,17,18). The van der Waals surface area contributed by atoms with E-state index in [1.54, 1.807) is 17.4 Å². The zero-order valence-electron chi connectivity index (χ0n) is 10.3. The van der Waals surface area contributed by atoms with Gasteiger partial charge in [-0.05, 0) is 17.5 Å². The SMILES string of the molecule is C=CCNc1ncc(-c2cc3ccccc3s2)cn1. The van der Waals surface area contributed by atoms with Crippen LogP contribution in [0.4, 0.5) is 5.95 Å². The molecule has 0 aliphatic carbocycles. The first-order valence-electron chi connectivity index (χ1n) is 6.02. The Labute approximate surface area is 115 Å². The molecule has 0 saturated heterocycles. The summed E-state index contributed by atoms with van der Waals surface area (Å²) in [6.45, 7) is 4.32. The molecule has 0 saturated carbocycles. The first kappa shape index (κ1) is 11.9. The van der Waals surface area contributed by atoms with Gasteiger partial charge in [0.1, 0.15) is 0 Å². The van der Waals surface area contributed by atoms with Crippen molar-refractivity contribution in [1.29, 1.82) is 0 Å². The number of rotatable bonds is 4. The summed E-state index contributed by atoms with van der Waals surface area (Å²) in [4.78, 5) is 9.79. The van der Waals surface area contributed by atoms with Crippen LogP contribution in [-0.2, 0) is 0 Å². The number of aromatic nitrogens is 2. The molecule has 2 heterocycles. The van der Waals surface area contributed by atoms with Crippen LogP contribution in [0.15, 0.2) is 55.4 Å². The summed E-state index contributed by atoms with van der Waals surface area (Å²) >= 11 is 1.76. The molecule has 94 valence electrons. The van der Waals surface area contributed by atoms with Gasteiger partial charge >= 0.3 is 0 Å². The summed E-state index contributed by atoms with van der Waals surface area (Å²) in [5, 5.41) is 4.32. The van der Waals surface area contributed by atoms with Crippen molar-refractivity contribution in [3.05, 3.63) is 55.4 Å². The molecule has 0 aliphatic rings. The average molecular weight is 267 g/mol. The Morgan fingerprint density at radius 3 is 2.74 bits per heavy atom. The summed E-state index contributed by atoms with van der Waals surface area (Å²) < 4.78 is 1.28. The molecule has 19 heavy (non-hydrogen) atoms. The number of anilines is 1. The molecule has 4 heteroatoms. The topological polar surface area (TPSA) is 37.8 Å². The number of thiophene rings is 1.